The van der Waals surface area contributed by atoms with E-state index < -0.39 is 39.8 Å². The van der Waals surface area contributed by atoms with Crippen molar-refractivity contribution in [1.82, 2.24) is 0 Å². The van der Waals surface area contributed by atoms with Gasteiger partial charge in [0.2, 0.25) is 5.11 Å². The van der Waals surface area contributed by atoms with Crippen LogP contribution >= 0.6 is 38.8 Å². The first-order valence-corrected chi connectivity index (χ1v) is 8.76. The Morgan fingerprint density at radius 3 is 1.56 bits per heavy atom. The summed E-state index contributed by atoms with van der Waals surface area (Å²) < 4.78 is 57.2. The predicted molar refractivity (Wildman–Crippen MR) is 67.2 cm³/mol. The molecule has 1 aromatic rings. The minimum Gasteiger partial charge on any atom is -0.373 e. The van der Waals surface area contributed by atoms with Crippen molar-refractivity contribution in [3.8, 4) is 0 Å². The van der Waals surface area contributed by atoms with E-state index in [0.717, 1.165) is 4.90 Å². The SMILES string of the molecule is CN(C)c1c(F)c(F)c(N=P(Cl)(Cl)Cl)c(F)c1F. The lowest BCUT2D eigenvalue weighted by molar-refractivity contribution is 0.459. The van der Waals surface area contributed by atoms with Crippen molar-refractivity contribution >= 4 is 50.2 Å². The van der Waals surface area contributed by atoms with Gasteiger partial charge in [0.15, 0.2) is 23.3 Å². The molecule has 0 bridgehead atoms. The van der Waals surface area contributed by atoms with Crippen LogP contribution in [0.25, 0.3) is 0 Å². The molecule has 102 valence electrons. The summed E-state index contributed by atoms with van der Waals surface area (Å²) in [5.74, 6) is -6.61. The maximum Gasteiger partial charge on any atom is 0.229 e. The fourth-order valence-corrected chi connectivity index (χ4v) is 2.29. The third kappa shape index (κ3) is 3.23. The molecule has 18 heavy (non-hydrogen) atoms. The third-order valence-electron chi connectivity index (χ3n) is 1.88. The lowest BCUT2D eigenvalue weighted by atomic mass is 10.2. The van der Waals surface area contributed by atoms with Gasteiger partial charge < -0.3 is 4.90 Å². The van der Waals surface area contributed by atoms with Gasteiger partial charge in [0, 0.05) is 14.1 Å². The van der Waals surface area contributed by atoms with Crippen LogP contribution in [0.1, 0.15) is 0 Å². The van der Waals surface area contributed by atoms with E-state index in [2.05, 4.69) is 4.74 Å². The lowest BCUT2D eigenvalue weighted by Crippen LogP contribution is -2.15. The molecule has 0 saturated carbocycles. The van der Waals surface area contributed by atoms with E-state index in [9.17, 15) is 17.6 Å². The van der Waals surface area contributed by atoms with E-state index >= 15 is 0 Å². The summed E-state index contributed by atoms with van der Waals surface area (Å²) in [5.41, 5.74) is -2.13. The van der Waals surface area contributed by atoms with Crippen LogP contribution in [0.15, 0.2) is 4.74 Å². The summed E-state index contributed by atoms with van der Waals surface area (Å²) in [6.07, 6.45) is 0. The fraction of sp³-hybridized carbons (Fsp3) is 0.250. The highest BCUT2D eigenvalue weighted by molar-refractivity contribution is 8.26. The van der Waals surface area contributed by atoms with Gasteiger partial charge in [-0.15, -0.1) is 0 Å². The molecule has 0 aliphatic heterocycles. The molecule has 1 rings (SSSR count). The Morgan fingerprint density at radius 2 is 1.28 bits per heavy atom. The molecular formula is C8H6Cl3F4N2P. The van der Waals surface area contributed by atoms with Crippen LogP contribution < -0.4 is 4.90 Å². The number of benzene rings is 1. The van der Waals surface area contributed by atoms with Crippen LogP contribution in [0.4, 0.5) is 28.9 Å². The normalized spacial score (nSPS) is 11.6. The summed E-state index contributed by atoms with van der Waals surface area (Å²) in [4.78, 5) is 0.880. The zero-order valence-corrected chi connectivity index (χ0v) is 12.1. The molecule has 0 atom stereocenters. The van der Waals surface area contributed by atoms with Crippen LogP contribution in [-0.2, 0) is 0 Å². The van der Waals surface area contributed by atoms with Crippen LogP contribution in [-0.4, -0.2) is 14.1 Å². The number of hydrogen-bond acceptors (Lipinski definition) is 2. The minimum atomic E-state index is -3.56. The first-order chi connectivity index (χ1) is 8.06. The van der Waals surface area contributed by atoms with Crippen molar-refractivity contribution < 1.29 is 17.6 Å². The number of anilines is 1. The largest absolute Gasteiger partial charge is 0.373 e. The standard InChI is InChI=1S/C8H6Cl3F4N2P/c1-17(2)8-5(14)3(12)7(4(13)6(8)15)16-18(9,10)11/h1-2H3. The van der Waals surface area contributed by atoms with Gasteiger partial charge in [-0.1, -0.05) is 0 Å². The number of halogens is 7. The van der Waals surface area contributed by atoms with Crippen molar-refractivity contribution in [2.24, 2.45) is 4.74 Å². The molecule has 2 nitrogen and oxygen atoms in total. The highest BCUT2D eigenvalue weighted by Gasteiger charge is 2.27. The molecule has 0 radical (unpaired) electrons. The highest BCUT2D eigenvalue weighted by atomic mass is 36.0. The monoisotopic (exact) mass is 342 g/mol. The molecule has 0 fully saturated rings. The van der Waals surface area contributed by atoms with Gasteiger partial charge in [-0.3, -0.25) is 0 Å². The Bertz CT molecular complexity index is 506. The molecule has 10 heteroatoms. The predicted octanol–water partition coefficient (Wildman–Crippen LogP) is 5.60. The van der Waals surface area contributed by atoms with Crippen molar-refractivity contribution in [3.05, 3.63) is 23.3 Å². The fourth-order valence-electron chi connectivity index (χ4n) is 1.20. The summed E-state index contributed by atoms with van der Waals surface area (Å²) in [5, 5.41) is -3.56. The molecule has 0 N–H and O–H groups in total. The number of nitrogens with zero attached hydrogens (tertiary/aromatic N) is 2. The molecule has 0 amide bonds. The first-order valence-electron chi connectivity index (χ1n) is 4.30. The van der Waals surface area contributed by atoms with Crippen LogP contribution in [0.3, 0.4) is 0 Å². The Morgan fingerprint density at radius 1 is 0.889 bits per heavy atom. The van der Waals surface area contributed by atoms with Gasteiger partial charge in [-0.05, 0) is 33.7 Å². The average Bonchev–Trinajstić information content (AvgIpc) is 2.20. The molecule has 0 unspecified atom stereocenters. The molecule has 0 saturated heterocycles. The van der Waals surface area contributed by atoms with Gasteiger partial charge >= 0.3 is 0 Å². The van der Waals surface area contributed by atoms with Gasteiger partial charge in [-0.25, -0.2) is 22.3 Å². The maximum atomic E-state index is 13.5. The van der Waals surface area contributed by atoms with Crippen molar-refractivity contribution in [3.63, 3.8) is 0 Å². The molecule has 0 spiro atoms. The quantitative estimate of drug-likeness (QED) is 0.387. The van der Waals surface area contributed by atoms with Crippen LogP contribution in [0, 0.1) is 23.3 Å². The maximum absolute atomic E-state index is 13.5. The van der Waals surface area contributed by atoms with Crippen molar-refractivity contribution in [2.75, 3.05) is 19.0 Å². The smallest absolute Gasteiger partial charge is 0.229 e. The number of hydrogen-bond donors (Lipinski definition) is 0. The summed E-state index contributed by atoms with van der Waals surface area (Å²) in [7, 11) is 2.44. The second-order valence-corrected chi connectivity index (χ2v) is 10.4. The second-order valence-electron chi connectivity index (χ2n) is 3.37. The summed E-state index contributed by atoms with van der Waals surface area (Å²) in [6.45, 7) is 0. The topological polar surface area (TPSA) is 15.6 Å². The van der Waals surface area contributed by atoms with E-state index in [1.54, 1.807) is 0 Å². The van der Waals surface area contributed by atoms with Crippen molar-refractivity contribution in [1.29, 1.82) is 0 Å². The van der Waals surface area contributed by atoms with E-state index in [-0.39, 0.29) is 0 Å². The van der Waals surface area contributed by atoms with E-state index in [4.69, 9.17) is 33.7 Å². The molecule has 0 aliphatic carbocycles. The molecule has 0 heterocycles. The Labute approximate surface area is 115 Å². The molecule has 0 aromatic heterocycles. The zero-order valence-electron chi connectivity index (χ0n) is 8.99. The van der Waals surface area contributed by atoms with E-state index in [1.165, 1.54) is 14.1 Å². The third-order valence-corrected chi connectivity index (χ3v) is 2.98. The Hall–Kier alpha value is -0.160. The molecule has 1 aromatic carbocycles. The highest BCUT2D eigenvalue weighted by Crippen LogP contribution is 2.67. The van der Waals surface area contributed by atoms with Gasteiger partial charge in [0.05, 0.1) is 0 Å². The zero-order chi connectivity index (χ0) is 14.2. The minimum absolute atomic E-state index is 0.869. The van der Waals surface area contributed by atoms with Gasteiger partial charge in [0.1, 0.15) is 11.4 Å². The molecular weight excluding hydrogens is 337 g/mol. The number of rotatable bonds is 2. The average molecular weight is 343 g/mol. The lowest BCUT2D eigenvalue weighted by Gasteiger charge is -2.16. The first kappa shape index (κ1) is 15.9. The second kappa shape index (κ2) is 5.45. The van der Waals surface area contributed by atoms with Crippen LogP contribution in [0.2, 0.25) is 0 Å². The van der Waals surface area contributed by atoms with E-state index in [0.29, 0.717) is 0 Å². The van der Waals surface area contributed by atoms with Crippen molar-refractivity contribution in [2.45, 2.75) is 0 Å². The Balaban J connectivity index is 3.70. The van der Waals surface area contributed by atoms with Gasteiger partial charge in [0.25, 0.3) is 0 Å². The van der Waals surface area contributed by atoms with E-state index in [1.807, 2.05) is 0 Å². The summed E-state index contributed by atoms with van der Waals surface area (Å²) >= 11 is 15.9. The van der Waals surface area contributed by atoms with Gasteiger partial charge in [-0.2, -0.15) is 0 Å². The molecule has 0 aliphatic rings. The summed E-state index contributed by atoms with van der Waals surface area (Å²) in [6, 6.07) is 0. The van der Waals surface area contributed by atoms with Crippen LogP contribution in [0.5, 0.6) is 0 Å². The Kier molecular flexibility index (Phi) is 4.81.